The summed E-state index contributed by atoms with van der Waals surface area (Å²) in [6.07, 6.45) is 0.241. The highest BCUT2D eigenvalue weighted by atomic mass is 79.9. The molecule has 0 aliphatic carbocycles. The summed E-state index contributed by atoms with van der Waals surface area (Å²) in [6.45, 7) is 0. The maximum Gasteiger partial charge on any atom is 0.335 e. The molecule has 0 aliphatic heterocycles. The Bertz CT molecular complexity index is 641. The molecule has 0 saturated heterocycles. The van der Waals surface area contributed by atoms with Crippen molar-refractivity contribution in [2.24, 2.45) is 0 Å². The molecule has 0 radical (unpaired) electrons. The van der Waals surface area contributed by atoms with Gasteiger partial charge in [-0.15, -0.1) is 0 Å². The first-order chi connectivity index (χ1) is 9.56. The molecule has 2 rings (SSSR count). The van der Waals surface area contributed by atoms with Crippen molar-refractivity contribution in [1.29, 1.82) is 0 Å². The topological polar surface area (TPSA) is 66.4 Å². The van der Waals surface area contributed by atoms with Gasteiger partial charge in [-0.2, -0.15) is 0 Å². The van der Waals surface area contributed by atoms with Crippen LogP contribution in [-0.4, -0.2) is 17.0 Å². The van der Waals surface area contributed by atoms with Crippen molar-refractivity contribution in [3.05, 3.63) is 64.1 Å². The first-order valence-corrected chi connectivity index (χ1v) is 6.72. The molecule has 0 heterocycles. The number of anilines is 1. The second-order valence-electron chi connectivity index (χ2n) is 4.21. The Hall–Kier alpha value is -2.14. The van der Waals surface area contributed by atoms with Crippen LogP contribution in [-0.2, 0) is 11.2 Å². The zero-order valence-electron chi connectivity index (χ0n) is 10.5. The van der Waals surface area contributed by atoms with Crippen molar-refractivity contribution >= 4 is 33.5 Å². The van der Waals surface area contributed by atoms with Crippen molar-refractivity contribution < 1.29 is 14.7 Å². The number of carbonyl (C=O) groups is 2. The summed E-state index contributed by atoms with van der Waals surface area (Å²) in [5, 5.41) is 11.6. The number of carboxylic acid groups (broad SMARTS) is 1. The number of carboxylic acids is 1. The number of hydrogen-bond acceptors (Lipinski definition) is 2. The van der Waals surface area contributed by atoms with E-state index < -0.39 is 5.97 Å². The predicted octanol–water partition coefficient (Wildman–Crippen LogP) is 3.33. The van der Waals surface area contributed by atoms with E-state index in [2.05, 4.69) is 21.2 Å². The van der Waals surface area contributed by atoms with Gasteiger partial charge in [-0.05, 0) is 39.7 Å². The summed E-state index contributed by atoms with van der Waals surface area (Å²) in [7, 11) is 0. The Morgan fingerprint density at radius 3 is 2.45 bits per heavy atom. The predicted molar refractivity (Wildman–Crippen MR) is 79.9 cm³/mol. The highest BCUT2D eigenvalue weighted by Crippen LogP contribution is 2.24. The molecule has 0 spiro atoms. The number of hydrogen-bond donors (Lipinski definition) is 2. The molecule has 2 aromatic rings. The van der Waals surface area contributed by atoms with Crippen LogP contribution in [0.15, 0.2) is 53.0 Å². The Morgan fingerprint density at radius 1 is 1.10 bits per heavy atom. The average Bonchev–Trinajstić information content (AvgIpc) is 2.42. The van der Waals surface area contributed by atoms with Crippen LogP contribution >= 0.6 is 15.9 Å². The summed E-state index contributed by atoms with van der Waals surface area (Å²) in [4.78, 5) is 22.8. The van der Waals surface area contributed by atoms with Gasteiger partial charge in [0.1, 0.15) is 0 Å². The van der Waals surface area contributed by atoms with Crippen LogP contribution in [0, 0.1) is 0 Å². The lowest BCUT2D eigenvalue weighted by Crippen LogP contribution is -2.15. The van der Waals surface area contributed by atoms with Gasteiger partial charge in [0, 0.05) is 4.47 Å². The fourth-order valence-corrected chi connectivity index (χ4v) is 2.08. The van der Waals surface area contributed by atoms with E-state index >= 15 is 0 Å². The minimum absolute atomic E-state index is 0.128. The smallest absolute Gasteiger partial charge is 0.335 e. The molecule has 0 fully saturated rings. The first-order valence-electron chi connectivity index (χ1n) is 5.93. The largest absolute Gasteiger partial charge is 0.478 e. The first kappa shape index (κ1) is 14.3. The number of nitrogens with one attached hydrogen (secondary N) is 1. The van der Waals surface area contributed by atoms with E-state index in [4.69, 9.17) is 5.11 Å². The van der Waals surface area contributed by atoms with Crippen LogP contribution in [0.4, 0.5) is 5.69 Å². The monoisotopic (exact) mass is 333 g/mol. The molecule has 0 atom stereocenters. The van der Waals surface area contributed by atoms with Gasteiger partial charge in [-0.3, -0.25) is 4.79 Å². The van der Waals surface area contributed by atoms with Crippen molar-refractivity contribution in [2.45, 2.75) is 6.42 Å². The lowest BCUT2D eigenvalue weighted by Gasteiger charge is -2.08. The summed E-state index contributed by atoms with van der Waals surface area (Å²) in [6, 6.07) is 13.8. The van der Waals surface area contributed by atoms with Crippen molar-refractivity contribution in [3.8, 4) is 0 Å². The number of benzene rings is 2. The summed E-state index contributed by atoms with van der Waals surface area (Å²) < 4.78 is 0.643. The average molecular weight is 334 g/mol. The molecule has 5 heteroatoms. The molecule has 0 aromatic heterocycles. The summed E-state index contributed by atoms with van der Waals surface area (Å²) in [5.41, 5.74) is 1.48. The van der Waals surface area contributed by atoms with Crippen LogP contribution < -0.4 is 5.32 Å². The Balaban J connectivity index is 2.11. The molecule has 0 saturated carbocycles. The van der Waals surface area contributed by atoms with E-state index in [1.807, 2.05) is 30.3 Å². The van der Waals surface area contributed by atoms with Crippen molar-refractivity contribution in [3.63, 3.8) is 0 Å². The Morgan fingerprint density at radius 2 is 1.80 bits per heavy atom. The minimum Gasteiger partial charge on any atom is -0.478 e. The molecule has 4 nitrogen and oxygen atoms in total. The fourth-order valence-electron chi connectivity index (χ4n) is 1.73. The molecular formula is C15H12BrNO3. The Kier molecular flexibility index (Phi) is 4.53. The SMILES string of the molecule is O=C(Cc1ccccc1)Nc1cc(C(=O)O)ccc1Br. The fraction of sp³-hybridized carbons (Fsp3) is 0.0667. The van der Waals surface area contributed by atoms with Gasteiger partial charge < -0.3 is 10.4 Å². The zero-order valence-corrected chi connectivity index (χ0v) is 12.1. The maximum absolute atomic E-state index is 11.9. The quantitative estimate of drug-likeness (QED) is 0.901. The molecule has 0 aliphatic rings. The van der Waals surface area contributed by atoms with Gasteiger partial charge in [-0.1, -0.05) is 30.3 Å². The van der Waals surface area contributed by atoms with E-state index in [-0.39, 0.29) is 17.9 Å². The number of aromatic carboxylic acids is 1. The van der Waals surface area contributed by atoms with Gasteiger partial charge in [0.05, 0.1) is 17.7 Å². The standard InChI is InChI=1S/C15H12BrNO3/c16-12-7-6-11(15(19)20)9-13(12)17-14(18)8-10-4-2-1-3-5-10/h1-7,9H,8H2,(H,17,18)(H,19,20). The second-order valence-corrected chi connectivity index (χ2v) is 5.06. The molecule has 0 bridgehead atoms. The third-order valence-corrected chi connectivity index (χ3v) is 3.39. The van der Waals surface area contributed by atoms with E-state index in [0.29, 0.717) is 10.2 Å². The lowest BCUT2D eigenvalue weighted by molar-refractivity contribution is -0.115. The number of carbonyl (C=O) groups excluding carboxylic acids is 1. The second kappa shape index (κ2) is 6.34. The minimum atomic E-state index is -1.03. The Labute approximate surface area is 124 Å². The van der Waals surface area contributed by atoms with Crippen molar-refractivity contribution in [2.75, 3.05) is 5.32 Å². The third kappa shape index (κ3) is 3.68. The van der Waals surface area contributed by atoms with Gasteiger partial charge in [0.25, 0.3) is 0 Å². The zero-order chi connectivity index (χ0) is 14.5. The van der Waals surface area contributed by atoms with Gasteiger partial charge in [0.15, 0.2) is 0 Å². The van der Waals surface area contributed by atoms with Crippen LogP contribution in [0.5, 0.6) is 0 Å². The van der Waals surface area contributed by atoms with E-state index in [9.17, 15) is 9.59 Å². The highest BCUT2D eigenvalue weighted by molar-refractivity contribution is 9.10. The molecule has 20 heavy (non-hydrogen) atoms. The van der Waals surface area contributed by atoms with Crippen LogP contribution in [0.2, 0.25) is 0 Å². The number of rotatable bonds is 4. The van der Waals surface area contributed by atoms with E-state index in [0.717, 1.165) is 5.56 Å². The summed E-state index contributed by atoms with van der Waals surface area (Å²) in [5.74, 6) is -1.23. The maximum atomic E-state index is 11.9. The molecular weight excluding hydrogens is 322 g/mol. The van der Waals surface area contributed by atoms with Crippen LogP contribution in [0.25, 0.3) is 0 Å². The third-order valence-electron chi connectivity index (χ3n) is 2.69. The molecule has 102 valence electrons. The highest BCUT2D eigenvalue weighted by Gasteiger charge is 2.10. The molecule has 0 unspecified atom stereocenters. The molecule has 2 N–H and O–H groups in total. The van der Waals surface area contributed by atoms with Crippen LogP contribution in [0.1, 0.15) is 15.9 Å². The number of amides is 1. The van der Waals surface area contributed by atoms with Gasteiger partial charge in [0.2, 0.25) is 5.91 Å². The number of halogens is 1. The van der Waals surface area contributed by atoms with E-state index in [1.54, 1.807) is 6.07 Å². The summed E-state index contributed by atoms with van der Waals surface area (Å²) >= 11 is 3.29. The molecule has 2 aromatic carbocycles. The van der Waals surface area contributed by atoms with Gasteiger partial charge >= 0.3 is 5.97 Å². The molecule has 1 amide bonds. The van der Waals surface area contributed by atoms with Crippen LogP contribution in [0.3, 0.4) is 0 Å². The van der Waals surface area contributed by atoms with E-state index in [1.165, 1.54) is 12.1 Å². The van der Waals surface area contributed by atoms with Crippen molar-refractivity contribution in [1.82, 2.24) is 0 Å². The normalized spacial score (nSPS) is 10.1. The van der Waals surface area contributed by atoms with Gasteiger partial charge in [-0.25, -0.2) is 4.79 Å². The lowest BCUT2D eigenvalue weighted by atomic mass is 10.1.